The van der Waals surface area contributed by atoms with Crippen molar-refractivity contribution in [3.05, 3.63) is 47.3 Å². The minimum Gasteiger partial charge on any atom is -0.508 e. The van der Waals surface area contributed by atoms with Gasteiger partial charge in [0.05, 0.1) is 6.54 Å². The predicted molar refractivity (Wildman–Crippen MR) is 62.1 cm³/mol. The number of benzene rings is 1. The minimum atomic E-state index is -1.12. The molecule has 94 valence electrons. The predicted octanol–water partition coefficient (Wildman–Crippen LogP) is 1.37. The molecule has 0 aliphatic rings. The lowest BCUT2D eigenvalue weighted by atomic mass is 10.2. The summed E-state index contributed by atoms with van der Waals surface area (Å²) in [6.07, 6.45) is 0. The molecule has 0 atom stereocenters. The van der Waals surface area contributed by atoms with Crippen molar-refractivity contribution in [2.45, 2.75) is 13.1 Å². The van der Waals surface area contributed by atoms with E-state index in [4.69, 9.17) is 9.63 Å². The molecule has 6 nitrogen and oxygen atoms in total. The van der Waals surface area contributed by atoms with Crippen molar-refractivity contribution in [3.8, 4) is 5.75 Å². The summed E-state index contributed by atoms with van der Waals surface area (Å²) in [5.41, 5.74) is 0.643. The van der Waals surface area contributed by atoms with Gasteiger partial charge in [-0.25, -0.2) is 4.79 Å². The number of phenolic OH excluding ortho intramolecular Hbond substituents is 1. The Bertz CT molecular complexity index is 551. The molecule has 0 bridgehead atoms. The molecule has 1 aromatic heterocycles. The SMILES string of the molecule is O=C(O)c1cc(CNCc2ccccc2O)on1. The first-order chi connectivity index (χ1) is 8.66. The van der Waals surface area contributed by atoms with Crippen LogP contribution in [0.15, 0.2) is 34.9 Å². The van der Waals surface area contributed by atoms with Crippen molar-refractivity contribution in [1.29, 1.82) is 0 Å². The summed E-state index contributed by atoms with van der Waals surface area (Å²) in [6.45, 7) is 0.796. The van der Waals surface area contributed by atoms with Gasteiger partial charge in [0.2, 0.25) is 0 Å². The third kappa shape index (κ3) is 2.86. The molecule has 1 aromatic carbocycles. The number of aromatic nitrogens is 1. The topological polar surface area (TPSA) is 95.6 Å². The largest absolute Gasteiger partial charge is 0.508 e. The van der Waals surface area contributed by atoms with Gasteiger partial charge in [0, 0.05) is 18.2 Å². The number of carboxylic acids is 1. The van der Waals surface area contributed by atoms with Gasteiger partial charge in [-0.2, -0.15) is 0 Å². The van der Waals surface area contributed by atoms with Gasteiger partial charge in [0.1, 0.15) is 5.75 Å². The Labute approximate surface area is 103 Å². The van der Waals surface area contributed by atoms with Gasteiger partial charge >= 0.3 is 5.97 Å². The number of aromatic hydroxyl groups is 1. The van der Waals surface area contributed by atoms with E-state index in [1.54, 1.807) is 18.2 Å². The monoisotopic (exact) mass is 248 g/mol. The molecule has 6 heteroatoms. The highest BCUT2D eigenvalue weighted by atomic mass is 16.5. The average molecular weight is 248 g/mol. The number of aromatic carboxylic acids is 1. The summed E-state index contributed by atoms with van der Waals surface area (Å²) in [5.74, 6) is -0.470. The number of carboxylic acid groups (broad SMARTS) is 1. The van der Waals surface area contributed by atoms with Gasteiger partial charge in [-0.3, -0.25) is 0 Å². The van der Waals surface area contributed by atoms with E-state index in [1.165, 1.54) is 6.07 Å². The number of rotatable bonds is 5. The summed E-state index contributed by atoms with van der Waals surface area (Å²) >= 11 is 0. The first-order valence-corrected chi connectivity index (χ1v) is 5.33. The fourth-order valence-corrected chi connectivity index (χ4v) is 1.48. The van der Waals surface area contributed by atoms with Crippen molar-refractivity contribution in [3.63, 3.8) is 0 Å². The number of hydrogen-bond acceptors (Lipinski definition) is 5. The molecule has 0 amide bonds. The lowest BCUT2D eigenvalue weighted by Crippen LogP contribution is -2.12. The van der Waals surface area contributed by atoms with Gasteiger partial charge in [0.15, 0.2) is 11.5 Å². The lowest BCUT2D eigenvalue weighted by molar-refractivity contribution is 0.0685. The maximum absolute atomic E-state index is 10.6. The summed E-state index contributed by atoms with van der Waals surface area (Å²) in [6, 6.07) is 8.34. The molecule has 0 unspecified atom stereocenters. The number of phenols is 1. The number of nitrogens with zero attached hydrogens (tertiary/aromatic N) is 1. The Morgan fingerprint density at radius 1 is 1.33 bits per heavy atom. The number of para-hydroxylation sites is 1. The van der Waals surface area contributed by atoms with E-state index < -0.39 is 5.97 Å². The van der Waals surface area contributed by atoms with E-state index in [2.05, 4.69) is 10.5 Å². The van der Waals surface area contributed by atoms with Crippen LogP contribution in [0.1, 0.15) is 21.8 Å². The van der Waals surface area contributed by atoms with Crippen LogP contribution < -0.4 is 5.32 Å². The highest BCUT2D eigenvalue weighted by molar-refractivity contribution is 5.85. The minimum absolute atomic E-state index is 0.116. The average Bonchev–Trinajstić information content (AvgIpc) is 2.80. The highest BCUT2D eigenvalue weighted by Crippen LogP contribution is 2.15. The van der Waals surface area contributed by atoms with E-state index in [0.29, 0.717) is 18.8 Å². The molecule has 0 fully saturated rings. The quantitative estimate of drug-likeness (QED) is 0.739. The zero-order valence-corrected chi connectivity index (χ0v) is 9.46. The molecule has 3 N–H and O–H groups in total. The highest BCUT2D eigenvalue weighted by Gasteiger charge is 2.10. The second-order valence-electron chi connectivity index (χ2n) is 3.72. The van der Waals surface area contributed by atoms with Crippen molar-refractivity contribution >= 4 is 5.97 Å². The zero-order valence-electron chi connectivity index (χ0n) is 9.46. The Morgan fingerprint density at radius 2 is 2.11 bits per heavy atom. The van der Waals surface area contributed by atoms with Crippen molar-refractivity contribution in [2.24, 2.45) is 0 Å². The Morgan fingerprint density at radius 3 is 2.78 bits per heavy atom. The van der Waals surface area contributed by atoms with Gasteiger partial charge in [0.25, 0.3) is 0 Å². The van der Waals surface area contributed by atoms with Crippen LogP contribution in [-0.2, 0) is 13.1 Å². The van der Waals surface area contributed by atoms with Crippen molar-refractivity contribution in [2.75, 3.05) is 0 Å². The van der Waals surface area contributed by atoms with Crippen LogP contribution in [0.4, 0.5) is 0 Å². The van der Waals surface area contributed by atoms with Gasteiger partial charge < -0.3 is 20.1 Å². The molecule has 2 rings (SSSR count). The molecule has 0 radical (unpaired) electrons. The molecule has 0 aliphatic heterocycles. The first-order valence-electron chi connectivity index (χ1n) is 5.33. The Kier molecular flexibility index (Phi) is 3.59. The summed E-state index contributed by atoms with van der Waals surface area (Å²) in [7, 11) is 0. The smallest absolute Gasteiger partial charge is 0.358 e. The molecular weight excluding hydrogens is 236 g/mol. The van der Waals surface area contributed by atoms with Crippen LogP contribution in [0, 0.1) is 0 Å². The molecule has 1 heterocycles. The van der Waals surface area contributed by atoms with Crippen LogP contribution in [0.5, 0.6) is 5.75 Å². The van der Waals surface area contributed by atoms with E-state index in [-0.39, 0.29) is 11.4 Å². The van der Waals surface area contributed by atoms with E-state index in [9.17, 15) is 9.90 Å². The molecule has 0 saturated heterocycles. The number of nitrogens with one attached hydrogen (secondary N) is 1. The van der Waals surface area contributed by atoms with Crippen LogP contribution >= 0.6 is 0 Å². The standard InChI is InChI=1S/C12H12N2O4/c15-11-4-2-1-3-8(11)6-13-7-9-5-10(12(16)17)14-18-9/h1-5,13,15H,6-7H2,(H,16,17). The second kappa shape index (κ2) is 5.33. The van der Waals surface area contributed by atoms with E-state index in [1.807, 2.05) is 6.07 Å². The molecular formula is C12H12N2O4. The zero-order chi connectivity index (χ0) is 13.0. The third-order valence-electron chi connectivity index (χ3n) is 2.38. The third-order valence-corrected chi connectivity index (χ3v) is 2.38. The number of hydrogen-bond donors (Lipinski definition) is 3. The molecule has 2 aromatic rings. The number of carbonyl (C=O) groups is 1. The normalized spacial score (nSPS) is 10.4. The van der Waals surface area contributed by atoms with Gasteiger partial charge in [-0.05, 0) is 6.07 Å². The van der Waals surface area contributed by atoms with Crippen LogP contribution in [0.3, 0.4) is 0 Å². The Hall–Kier alpha value is -2.34. The molecule has 0 spiro atoms. The summed E-state index contributed by atoms with van der Waals surface area (Å²) in [4.78, 5) is 10.6. The lowest BCUT2D eigenvalue weighted by Gasteiger charge is -2.04. The fourth-order valence-electron chi connectivity index (χ4n) is 1.48. The van der Waals surface area contributed by atoms with Crippen molar-refractivity contribution in [1.82, 2.24) is 10.5 Å². The molecule has 0 aliphatic carbocycles. The van der Waals surface area contributed by atoms with Crippen LogP contribution in [0.2, 0.25) is 0 Å². The van der Waals surface area contributed by atoms with Gasteiger partial charge in [-0.1, -0.05) is 23.4 Å². The second-order valence-corrected chi connectivity index (χ2v) is 3.72. The summed E-state index contributed by atoms with van der Waals surface area (Å²) < 4.78 is 4.84. The van der Waals surface area contributed by atoms with Crippen molar-refractivity contribution < 1.29 is 19.5 Å². The van der Waals surface area contributed by atoms with Gasteiger partial charge in [-0.15, -0.1) is 0 Å². The molecule has 0 saturated carbocycles. The van der Waals surface area contributed by atoms with E-state index in [0.717, 1.165) is 5.56 Å². The Balaban J connectivity index is 1.88. The van der Waals surface area contributed by atoms with Crippen LogP contribution in [0.25, 0.3) is 0 Å². The van der Waals surface area contributed by atoms with Crippen LogP contribution in [-0.4, -0.2) is 21.3 Å². The van der Waals surface area contributed by atoms with E-state index >= 15 is 0 Å². The fraction of sp³-hybridized carbons (Fsp3) is 0.167. The maximum atomic E-state index is 10.6. The first kappa shape index (κ1) is 12.1. The molecule has 18 heavy (non-hydrogen) atoms. The summed E-state index contributed by atoms with van der Waals surface area (Å²) in [5, 5.41) is 24.6. The maximum Gasteiger partial charge on any atom is 0.358 e.